The van der Waals surface area contributed by atoms with Crippen molar-refractivity contribution >= 4 is 5.97 Å². The van der Waals surface area contributed by atoms with Crippen LogP contribution in [0.15, 0.2) is 48.6 Å². The predicted octanol–water partition coefficient (Wildman–Crippen LogP) is 9.28. The van der Waals surface area contributed by atoms with Gasteiger partial charge in [-0.1, -0.05) is 133 Å². The number of ether oxygens (including phenoxy) is 3. The third kappa shape index (κ3) is 9.80. The Labute approximate surface area is 248 Å². The molecule has 1 heterocycles. The average Bonchev–Trinajstić information content (AvgIpc) is 3.53. The van der Waals surface area contributed by atoms with E-state index in [0.717, 1.165) is 36.3 Å². The average molecular weight is 567 g/mol. The molecule has 0 amide bonds. The lowest BCUT2D eigenvalue weighted by Gasteiger charge is -2.36. The molecular formula is C36H54O5. The van der Waals surface area contributed by atoms with Gasteiger partial charge in [0.05, 0.1) is 19.1 Å². The molecule has 0 radical (unpaired) electrons. The van der Waals surface area contributed by atoms with Gasteiger partial charge in [0, 0.05) is 18.1 Å². The van der Waals surface area contributed by atoms with Gasteiger partial charge < -0.3 is 19.3 Å². The second-order valence-electron chi connectivity index (χ2n) is 12.6. The van der Waals surface area contributed by atoms with Crippen molar-refractivity contribution in [2.75, 3.05) is 19.8 Å². The van der Waals surface area contributed by atoms with Crippen LogP contribution in [0.2, 0.25) is 0 Å². The first kappa shape index (κ1) is 32.0. The van der Waals surface area contributed by atoms with E-state index in [0.29, 0.717) is 25.7 Å². The molecule has 41 heavy (non-hydrogen) atoms. The first-order valence-electron chi connectivity index (χ1n) is 16.7. The maximum atomic E-state index is 11.7. The second kappa shape index (κ2) is 17.2. The van der Waals surface area contributed by atoms with E-state index >= 15 is 0 Å². The van der Waals surface area contributed by atoms with Gasteiger partial charge in [0.15, 0.2) is 6.29 Å². The standard InChI is InChI=1S/C36H54O5/c1-2-3-4-5-6-10-19-30-27-39-35(40-28-30)32-20-13-14-21-33(32)36(24-22-31(23-25-36)34(37)38)41-26-15-8-7-9-16-29-17-11-12-18-29/h13-14,20-25,29-31,35H,2-12,15-19,26-28H2,1H3,(H,37,38)/t30-,31?,35-,36?. The van der Waals surface area contributed by atoms with Crippen LogP contribution in [0.1, 0.15) is 127 Å². The molecule has 1 aliphatic heterocycles. The van der Waals surface area contributed by atoms with E-state index in [9.17, 15) is 9.90 Å². The number of carboxylic acid groups (broad SMARTS) is 1. The third-order valence-electron chi connectivity index (χ3n) is 9.28. The van der Waals surface area contributed by atoms with Crippen LogP contribution in [0.4, 0.5) is 0 Å². The number of carbonyl (C=O) groups is 1. The van der Waals surface area contributed by atoms with E-state index in [2.05, 4.69) is 19.1 Å². The lowest BCUT2D eigenvalue weighted by molar-refractivity contribution is -0.207. The molecule has 4 rings (SSSR count). The van der Waals surface area contributed by atoms with E-state index in [4.69, 9.17) is 14.2 Å². The van der Waals surface area contributed by atoms with Crippen molar-refractivity contribution in [1.29, 1.82) is 0 Å². The number of hydrogen-bond acceptors (Lipinski definition) is 4. The minimum Gasteiger partial charge on any atom is -0.481 e. The molecule has 2 fully saturated rings. The first-order chi connectivity index (χ1) is 20.1. The topological polar surface area (TPSA) is 65.0 Å². The van der Waals surface area contributed by atoms with Gasteiger partial charge in [0.1, 0.15) is 5.60 Å². The molecule has 1 saturated carbocycles. The van der Waals surface area contributed by atoms with Gasteiger partial charge in [-0.25, -0.2) is 0 Å². The van der Waals surface area contributed by atoms with Gasteiger partial charge in [-0.05, 0) is 36.5 Å². The zero-order valence-electron chi connectivity index (χ0n) is 25.4. The summed E-state index contributed by atoms with van der Waals surface area (Å²) in [6, 6.07) is 8.17. The van der Waals surface area contributed by atoms with Crippen molar-refractivity contribution < 1.29 is 24.1 Å². The van der Waals surface area contributed by atoms with Crippen LogP contribution < -0.4 is 0 Å². The molecule has 1 aromatic rings. The van der Waals surface area contributed by atoms with Gasteiger partial charge in [-0.15, -0.1) is 0 Å². The van der Waals surface area contributed by atoms with Crippen LogP contribution in [0, 0.1) is 17.8 Å². The smallest absolute Gasteiger partial charge is 0.314 e. The summed E-state index contributed by atoms with van der Waals surface area (Å²) in [4.78, 5) is 11.7. The highest BCUT2D eigenvalue weighted by Gasteiger charge is 2.36. The minimum atomic E-state index is -0.850. The third-order valence-corrected chi connectivity index (χ3v) is 9.28. The first-order valence-corrected chi connectivity index (χ1v) is 16.7. The van der Waals surface area contributed by atoms with Gasteiger partial charge in [-0.2, -0.15) is 0 Å². The molecule has 0 unspecified atom stereocenters. The fraction of sp³-hybridized carbons (Fsp3) is 0.694. The highest BCUT2D eigenvalue weighted by molar-refractivity contribution is 5.75. The Bertz CT molecular complexity index is 940. The molecule has 1 saturated heterocycles. The van der Waals surface area contributed by atoms with Crippen LogP contribution in [0.3, 0.4) is 0 Å². The van der Waals surface area contributed by atoms with Crippen molar-refractivity contribution in [2.24, 2.45) is 17.8 Å². The molecule has 2 aliphatic carbocycles. The fourth-order valence-corrected chi connectivity index (χ4v) is 6.72. The highest BCUT2D eigenvalue weighted by atomic mass is 16.7. The summed E-state index contributed by atoms with van der Waals surface area (Å²) in [7, 11) is 0. The summed E-state index contributed by atoms with van der Waals surface area (Å²) in [5, 5.41) is 9.57. The predicted molar refractivity (Wildman–Crippen MR) is 165 cm³/mol. The molecule has 228 valence electrons. The van der Waals surface area contributed by atoms with Crippen molar-refractivity contribution in [2.45, 2.75) is 122 Å². The Morgan fingerprint density at radius 2 is 1.46 bits per heavy atom. The number of unbranched alkanes of at least 4 members (excludes halogenated alkanes) is 8. The highest BCUT2D eigenvalue weighted by Crippen LogP contribution is 2.40. The van der Waals surface area contributed by atoms with Gasteiger partial charge in [-0.3, -0.25) is 4.79 Å². The summed E-state index contributed by atoms with van der Waals surface area (Å²) in [5.41, 5.74) is 1.11. The number of hydrogen-bond donors (Lipinski definition) is 1. The van der Waals surface area contributed by atoms with E-state index in [1.165, 1.54) is 83.5 Å². The largest absolute Gasteiger partial charge is 0.481 e. The number of rotatable bonds is 18. The van der Waals surface area contributed by atoms with E-state index in [-0.39, 0.29) is 0 Å². The summed E-state index contributed by atoms with van der Waals surface area (Å²) in [6.45, 7) is 4.29. The molecular weight excluding hydrogens is 512 g/mol. The molecule has 1 aromatic carbocycles. The molecule has 0 bridgehead atoms. The lowest BCUT2D eigenvalue weighted by atomic mass is 9.83. The zero-order chi connectivity index (χ0) is 28.8. The number of benzene rings is 1. The van der Waals surface area contributed by atoms with Crippen molar-refractivity contribution in [1.82, 2.24) is 0 Å². The Kier molecular flexibility index (Phi) is 13.4. The summed E-state index contributed by atoms with van der Waals surface area (Å²) < 4.78 is 19.2. The van der Waals surface area contributed by atoms with Crippen molar-refractivity contribution in [3.05, 3.63) is 59.7 Å². The maximum Gasteiger partial charge on any atom is 0.314 e. The Balaban J connectivity index is 1.33. The Hall–Kier alpha value is -1.95. The fourth-order valence-electron chi connectivity index (χ4n) is 6.72. The molecule has 0 atom stereocenters. The quantitative estimate of drug-likeness (QED) is 0.142. The molecule has 3 aliphatic rings. The zero-order valence-corrected chi connectivity index (χ0v) is 25.4. The molecule has 5 nitrogen and oxygen atoms in total. The van der Waals surface area contributed by atoms with Crippen molar-refractivity contribution in [3.63, 3.8) is 0 Å². The maximum absolute atomic E-state index is 11.7. The van der Waals surface area contributed by atoms with Crippen LogP contribution in [-0.4, -0.2) is 30.9 Å². The SMILES string of the molecule is CCCCCCCC[C@H]1CO[C@H](c2ccccc2C2(OCCCCCCC3CCCC3)C=CC(C(=O)O)C=C2)OC1. The Morgan fingerprint density at radius 1 is 0.854 bits per heavy atom. The summed E-state index contributed by atoms with van der Waals surface area (Å²) in [5.74, 6) is -0.0913. The molecule has 0 aromatic heterocycles. The van der Waals surface area contributed by atoms with Crippen LogP contribution in [-0.2, 0) is 24.6 Å². The molecule has 1 N–H and O–H groups in total. The number of aliphatic carboxylic acids is 1. The monoisotopic (exact) mass is 566 g/mol. The van der Waals surface area contributed by atoms with Crippen LogP contribution in [0.25, 0.3) is 0 Å². The second-order valence-corrected chi connectivity index (χ2v) is 12.6. The van der Waals surface area contributed by atoms with E-state index in [1.54, 1.807) is 12.2 Å². The van der Waals surface area contributed by atoms with Crippen LogP contribution >= 0.6 is 0 Å². The summed E-state index contributed by atoms with van der Waals surface area (Å²) >= 11 is 0. The van der Waals surface area contributed by atoms with Gasteiger partial charge >= 0.3 is 5.97 Å². The molecule has 0 spiro atoms. The van der Waals surface area contributed by atoms with E-state index < -0.39 is 23.8 Å². The molecule has 5 heteroatoms. The van der Waals surface area contributed by atoms with E-state index in [1.807, 2.05) is 24.3 Å². The Morgan fingerprint density at radius 3 is 2.15 bits per heavy atom. The normalized spacial score (nSPS) is 26.5. The van der Waals surface area contributed by atoms with Crippen molar-refractivity contribution in [3.8, 4) is 0 Å². The van der Waals surface area contributed by atoms with Gasteiger partial charge in [0.2, 0.25) is 0 Å². The van der Waals surface area contributed by atoms with Crippen LogP contribution in [0.5, 0.6) is 0 Å². The number of carboxylic acids is 1. The minimum absolute atomic E-state index is 0.439. The van der Waals surface area contributed by atoms with Gasteiger partial charge in [0.25, 0.3) is 0 Å². The summed E-state index contributed by atoms with van der Waals surface area (Å²) in [6.07, 6.45) is 27.7. The lowest BCUT2D eigenvalue weighted by Crippen LogP contribution is -2.33.